The lowest BCUT2D eigenvalue weighted by molar-refractivity contribution is 1.39. The maximum absolute atomic E-state index is 5.05. The van der Waals surface area contributed by atoms with Gasteiger partial charge >= 0.3 is 0 Å². The van der Waals surface area contributed by atoms with Gasteiger partial charge in [-0.1, -0.05) is 11.6 Å². The molecule has 0 rings (SSSR count). The molecule has 7 heavy (non-hydrogen) atoms. The van der Waals surface area contributed by atoms with E-state index in [4.69, 9.17) is 5.73 Å². The molecule has 0 unspecified atom stereocenters. The van der Waals surface area contributed by atoms with Crippen LogP contribution in [0.15, 0.2) is 23.9 Å². The molecule has 0 saturated heterocycles. The quantitative estimate of drug-likeness (QED) is 0.492. The first-order valence-electron chi connectivity index (χ1n) is 2.29. The maximum Gasteiger partial charge on any atom is -0.00624 e. The average Bonchev–Trinajstić information content (AvgIpc) is 1.61. The van der Waals surface area contributed by atoms with Crippen molar-refractivity contribution in [2.24, 2.45) is 5.73 Å². The van der Waals surface area contributed by atoms with E-state index in [1.165, 1.54) is 11.8 Å². The van der Waals surface area contributed by atoms with Crippen molar-refractivity contribution in [3.05, 3.63) is 23.9 Å². The average molecular weight is 97.2 g/mol. The molecule has 0 heterocycles. The van der Waals surface area contributed by atoms with Crippen molar-refractivity contribution < 1.29 is 0 Å². The van der Waals surface area contributed by atoms with E-state index in [1.807, 2.05) is 26.0 Å². The van der Waals surface area contributed by atoms with Crippen LogP contribution in [-0.4, -0.2) is 0 Å². The lowest BCUT2D eigenvalue weighted by Crippen LogP contribution is -1.72. The zero-order valence-corrected chi connectivity index (χ0v) is 4.81. The monoisotopic (exact) mass is 97.1 g/mol. The maximum atomic E-state index is 5.05. The van der Waals surface area contributed by atoms with E-state index >= 15 is 0 Å². The molecule has 0 atom stereocenters. The Kier molecular flexibility index (Phi) is 3.11. The molecule has 0 aromatic heterocycles. The SMILES string of the molecule is CC(C)=CC=CN. The van der Waals surface area contributed by atoms with Crippen LogP contribution in [-0.2, 0) is 0 Å². The lowest BCUT2D eigenvalue weighted by atomic mass is 10.3. The van der Waals surface area contributed by atoms with Crippen LogP contribution in [0, 0.1) is 0 Å². The first-order chi connectivity index (χ1) is 3.27. The van der Waals surface area contributed by atoms with Crippen LogP contribution >= 0.6 is 0 Å². The molecule has 0 fully saturated rings. The molecule has 0 saturated carbocycles. The normalized spacial score (nSPS) is 9.43. The predicted octanol–water partition coefficient (Wildman–Crippen LogP) is 1.43. The Morgan fingerprint density at radius 1 is 1.43 bits per heavy atom. The Bertz CT molecular complexity index is 86.4. The summed E-state index contributed by atoms with van der Waals surface area (Å²) in [6.45, 7) is 4.06. The summed E-state index contributed by atoms with van der Waals surface area (Å²) in [6.07, 6.45) is 5.29. The van der Waals surface area contributed by atoms with E-state index in [0.29, 0.717) is 0 Å². The van der Waals surface area contributed by atoms with E-state index in [1.54, 1.807) is 0 Å². The highest BCUT2D eigenvalue weighted by molar-refractivity contribution is 5.06. The summed E-state index contributed by atoms with van der Waals surface area (Å²) in [6, 6.07) is 0. The van der Waals surface area contributed by atoms with Crippen LogP contribution in [0.5, 0.6) is 0 Å². The molecule has 0 radical (unpaired) electrons. The van der Waals surface area contributed by atoms with Gasteiger partial charge in [0, 0.05) is 0 Å². The van der Waals surface area contributed by atoms with Gasteiger partial charge in [-0.25, -0.2) is 0 Å². The fourth-order valence-electron chi connectivity index (χ4n) is 0.248. The number of hydrogen-bond acceptors (Lipinski definition) is 1. The van der Waals surface area contributed by atoms with Gasteiger partial charge in [-0.3, -0.25) is 0 Å². The minimum atomic E-state index is 1.27. The Hall–Kier alpha value is -0.720. The van der Waals surface area contributed by atoms with Gasteiger partial charge in [-0.15, -0.1) is 0 Å². The van der Waals surface area contributed by atoms with Gasteiger partial charge in [0.15, 0.2) is 0 Å². The van der Waals surface area contributed by atoms with Crippen LogP contribution in [0.2, 0.25) is 0 Å². The van der Waals surface area contributed by atoms with E-state index in [9.17, 15) is 0 Å². The highest BCUT2D eigenvalue weighted by Gasteiger charge is 1.65. The molecular formula is C6H11N. The fraction of sp³-hybridized carbons (Fsp3) is 0.333. The third-order valence-corrected chi connectivity index (χ3v) is 0.541. The standard InChI is InChI=1S/C6H11N/c1-6(2)4-3-5-7/h3-5H,7H2,1-2H3. The van der Waals surface area contributed by atoms with Crippen molar-refractivity contribution in [2.45, 2.75) is 13.8 Å². The smallest absolute Gasteiger partial charge is 0.00624 e. The van der Waals surface area contributed by atoms with Gasteiger partial charge < -0.3 is 5.73 Å². The Labute approximate surface area is 44.5 Å². The molecule has 1 heteroatoms. The van der Waals surface area contributed by atoms with Gasteiger partial charge in [0.25, 0.3) is 0 Å². The molecule has 40 valence electrons. The zero-order chi connectivity index (χ0) is 5.70. The molecule has 0 aromatic carbocycles. The highest BCUT2D eigenvalue weighted by Crippen LogP contribution is 1.86. The summed E-state index contributed by atoms with van der Waals surface area (Å²) in [5.74, 6) is 0. The first kappa shape index (κ1) is 6.28. The Balaban J connectivity index is 3.46. The summed E-state index contributed by atoms with van der Waals surface area (Å²) in [5, 5.41) is 0. The van der Waals surface area contributed by atoms with Gasteiger partial charge in [-0.05, 0) is 26.1 Å². The third-order valence-electron chi connectivity index (χ3n) is 0.541. The summed E-state index contributed by atoms with van der Waals surface area (Å²) in [5.41, 5.74) is 6.32. The molecule has 0 aliphatic rings. The summed E-state index contributed by atoms with van der Waals surface area (Å²) in [4.78, 5) is 0. The van der Waals surface area contributed by atoms with Crippen molar-refractivity contribution in [3.63, 3.8) is 0 Å². The Morgan fingerprint density at radius 3 is 2.14 bits per heavy atom. The number of allylic oxidation sites excluding steroid dienone is 3. The minimum Gasteiger partial charge on any atom is -0.405 e. The molecule has 0 aliphatic carbocycles. The molecule has 1 nitrogen and oxygen atoms in total. The van der Waals surface area contributed by atoms with Crippen LogP contribution in [0.25, 0.3) is 0 Å². The van der Waals surface area contributed by atoms with Crippen LogP contribution in [0.1, 0.15) is 13.8 Å². The molecule has 2 N–H and O–H groups in total. The summed E-state index contributed by atoms with van der Waals surface area (Å²) in [7, 11) is 0. The molecular weight excluding hydrogens is 86.1 g/mol. The van der Waals surface area contributed by atoms with Crippen LogP contribution in [0.4, 0.5) is 0 Å². The minimum absolute atomic E-state index is 1.27. The van der Waals surface area contributed by atoms with E-state index in [0.717, 1.165) is 0 Å². The fourth-order valence-corrected chi connectivity index (χ4v) is 0.248. The van der Waals surface area contributed by atoms with Crippen molar-refractivity contribution in [2.75, 3.05) is 0 Å². The van der Waals surface area contributed by atoms with E-state index in [2.05, 4.69) is 0 Å². The van der Waals surface area contributed by atoms with Gasteiger partial charge in [-0.2, -0.15) is 0 Å². The molecule has 0 spiro atoms. The predicted molar refractivity (Wildman–Crippen MR) is 32.8 cm³/mol. The second-order valence-electron chi connectivity index (χ2n) is 1.63. The zero-order valence-electron chi connectivity index (χ0n) is 4.81. The second kappa shape index (κ2) is 3.47. The van der Waals surface area contributed by atoms with Crippen LogP contribution < -0.4 is 5.73 Å². The molecule has 0 amide bonds. The molecule has 0 aliphatic heterocycles. The van der Waals surface area contributed by atoms with E-state index in [-0.39, 0.29) is 0 Å². The first-order valence-corrected chi connectivity index (χ1v) is 2.29. The largest absolute Gasteiger partial charge is 0.405 e. The van der Waals surface area contributed by atoms with Crippen molar-refractivity contribution in [1.29, 1.82) is 0 Å². The van der Waals surface area contributed by atoms with Crippen molar-refractivity contribution >= 4 is 0 Å². The van der Waals surface area contributed by atoms with E-state index < -0.39 is 0 Å². The van der Waals surface area contributed by atoms with Gasteiger partial charge in [0.05, 0.1) is 0 Å². The third kappa shape index (κ3) is 5.28. The van der Waals surface area contributed by atoms with Crippen LogP contribution in [0.3, 0.4) is 0 Å². The number of hydrogen-bond donors (Lipinski definition) is 1. The topological polar surface area (TPSA) is 26.0 Å². The number of rotatable bonds is 1. The number of nitrogens with two attached hydrogens (primary N) is 1. The lowest BCUT2D eigenvalue weighted by Gasteiger charge is -1.78. The van der Waals surface area contributed by atoms with Gasteiger partial charge in [0.1, 0.15) is 0 Å². The summed E-state index contributed by atoms with van der Waals surface area (Å²) < 4.78 is 0. The summed E-state index contributed by atoms with van der Waals surface area (Å²) >= 11 is 0. The molecule has 0 aromatic rings. The van der Waals surface area contributed by atoms with Crippen molar-refractivity contribution in [1.82, 2.24) is 0 Å². The highest BCUT2D eigenvalue weighted by atomic mass is 14.5. The second-order valence-corrected chi connectivity index (χ2v) is 1.63. The van der Waals surface area contributed by atoms with Crippen molar-refractivity contribution in [3.8, 4) is 0 Å². The molecule has 0 bridgehead atoms. The Morgan fingerprint density at radius 2 is 2.00 bits per heavy atom. The van der Waals surface area contributed by atoms with Gasteiger partial charge in [0.2, 0.25) is 0 Å².